The molecule has 20 heavy (non-hydrogen) atoms. The highest BCUT2D eigenvalue weighted by Crippen LogP contribution is 2.29. The van der Waals surface area contributed by atoms with E-state index in [1.165, 1.54) is 6.42 Å². The number of H-pyrrole nitrogens is 1. The van der Waals surface area contributed by atoms with Crippen molar-refractivity contribution in [3.05, 3.63) is 30.1 Å². The van der Waals surface area contributed by atoms with Gasteiger partial charge in [-0.1, -0.05) is 6.92 Å². The Morgan fingerprint density at radius 2 is 2.40 bits per heavy atom. The zero-order valence-electron chi connectivity index (χ0n) is 11.6. The molecule has 0 saturated heterocycles. The Morgan fingerprint density at radius 1 is 1.50 bits per heavy atom. The summed E-state index contributed by atoms with van der Waals surface area (Å²) in [6, 6.07) is 5.91. The van der Waals surface area contributed by atoms with Crippen LogP contribution in [0.4, 0.5) is 0 Å². The third-order valence-corrected chi connectivity index (χ3v) is 5.04. The number of aromatic amines is 1. The van der Waals surface area contributed by atoms with Crippen LogP contribution in [0, 0.1) is 0 Å². The van der Waals surface area contributed by atoms with Crippen LogP contribution in [-0.2, 0) is 0 Å². The van der Waals surface area contributed by atoms with Crippen molar-refractivity contribution in [3.8, 4) is 0 Å². The Hall–Kier alpha value is -1.49. The van der Waals surface area contributed by atoms with E-state index in [0.717, 1.165) is 29.6 Å². The molecule has 1 heterocycles. The predicted octanol–water partition coefficient (Wildman–Crippen LogP) is 2.97. The van der Waals surface area contributed by atoms with Gasteiger partial charge in [-0.05, 0) is 43.2 Å². The van der Waals surface area contributed by atoms with Gasteiger partial charge in [0.05, 0.1) is 17.4 Å². The monoisotopic (exact) mass is 289 g/mol. The van der Waals surface area contributed by atoms with E-state index in [1.54, 1.807) is 6.33 Å². The molecule has 106 valence electrons. The van der Waals surface area contributed by atoms with Crippen molar-refractivity contribution in [2.75, 3.05) is 5.75 Å². The van der Waals surface area contributed by atoms with Gasteiger partial charge < -0.3 is 10.3 Å². The van der Waals surface area contributed by atoms with Gasteiger partial charge in [0.15, 0.2) is 0 Å². The molecule has 2 atom stereocenters. The lowest BCUT2D eigenvalue weighted by atomic mass is 10.1. The molecule has 2 N–H and O–H groups in total. The maximum absolute atomic E-state index is 12.3. The van der Waals surface area contributed by atoms with Crippen molar-refractivity contribution in [2.24, 2.45) is 0 Å². The molecule has 1 fully saturated rings. The van der Waals surface area contributed by atoms with Gasteiger partial charge in [-0.15, -0.1) is 0 Å². The molecule has 3 rings (SSSR count). The molecule has 4 nitrogen and oxygen atoms in total. The molecule has 1 aliphatic rings. The zero-order chi connectivity index (χ0) is 13.9. The number of carbonyl (C=O) groups is 1. The SMILES string of the molecule is CCSC1CCC(NC(=O)c2ccc3nc[nH]c3c2)C1. The summed E-state index contributed by atoms with van der Waals surface area (Å²) in [5.41, 5.74) is 2.50. The predicted molar refractivity (Wildman–Crippen MR) is 83.1 cm³/mol. The lowest BCUT2D eigenvalue weighted by Crippen LogP contribution is -2.33. The van der Waals surface area contributed by atoms with Gasteiger partial charge in [0.2, 0.25) is 0 Å². The van der Waals surface area contributed by atoms with Crippen molar-refractivity contribution in [1.82, 2.24) is 15.3 Å². The minimum Gasteiger partial charge on any atom is -0.349 e. The van der Waals surface area contributed by atoms with E-state index in [-0.39, 0.29) is 5.91 Å². The van der Waals surface area contributed by atoms with E-state index >= 15 is 0 Å². The number of benzene rings is 1. The molecule has 1 saturated carbocycles. The molecule has 1 aromatic carbocycles. The lowest BCUT2D eigenvalue weighted by molar-refractivity contribution is 0.0938. The fourth-order valence-electron chi connectivity index (χ4n) is 2.80. The van der Waals surface area contributed by atoms with Crippen LogP contribution in [0.5, 0.6) is 0 Å². The fraction of sp³-hybridized carbons (Fsp3) is 0.467. The van der Waals surface area contributed by atoms with E-state index in [4.69, 9.17) is 0 Å². The van der Waals surface area contributed by atoms with Crippen LogP contribution in [0.25, 0.3) is 11.0 Å². The Balaban J connectivity index is 1.64. The number of carbonyl (C=O) groups excluding carboxylic acids is 1. The van der Waals surface area contributed by atoms with Gasteiger partial charge in [-0.3, -0.25) is 4.79 Å². The molecule has 2 unspecified atom stereocenters. The maximum atomic E-state index is 12.3. The van der Waals surface area contributed by atoms with Gasteiger partial charge in [0, 0.05) is 16.9 Å². The molecule has 5 heteroatoms. The molecule has 1 aliphatic carbocycles. The molecular formula is C15H19N3OS. The number of rotatable bonds is 4. The van der Waals surface area contributed by atoms with E-state index in [0.29, 0.717) is 16.9 Å². The Labute approximate surface area is 122 Å². The fourth-order valence-corrected chi connectivity index (χ4v) is 3.95. The quantitative estimate of drug-likeness (QED) is 0.909. The minimum atomic E-state index is 0.0219. The zero-order valence-corrected chi connectivity index (χ0v) is 12.4. The number of thioether (sulfide) groups is 1. The van der Waals surface area contributed by atoms with Gasteiger partial charge in [-0.2, -0.15) is 11.8 Å². The summed E-state index contributed by atoms with van der Waals surface area (Å²) in [6.07, 6.45) is 5.05. The summed E-state index contributed by atoms with van der Waals surface area (Å²) in [5.74, 6) is 1.18. The minimum absolute atomic E-state index is 0.0219. The first-order chi connectivity index (χ1) is 9.76. The van der Waals surface area contributed by atoms with Gasteiger partial charge in [-0.25, -0.2) is 4.98 Å². The lowest BCUT2D eigenvalue weighted by Gasteiger charge is -2.13. The number of aromatic nitrogens is 2. The molecule has 0 spiro atoms. The third kappa shape index (κ3) is 2.82. The molecular weight excluding hydrogens is 270 g/mol. The first-order valence-corrected chi connectivity index (χ1v) is 8.16. The van der Waals surface area contributed by atoms with Crippen LogP contribution in [0.15, 0.2) is 24.5 Å². The number of amides is 1. The number of fused-ring (bicyclic) bond motifs is 1. The number of hydrogen-bond donors (Lipinski definition) is 2. The smallest absolute Gasteiger partial charge is 0.251 e. The first-order valence-electron chi connectivity index (χ1n) is 7.12. The van der Waals surface area contributed by atoms with Crippen LogP contribution in [0.3, 0.4) is 0 Å². The highest BCUT2D eigenvalue weighted by atomic mass is 32.2. The maximum Gasteiger partial charge on any atom is 0.251 e. The summed E-state index contributed by atoms with van der Waals surface area (Å²) in [6.45, 7) is 2.19. The van der Waals surface area contributed by atoms with E-state index in [9.17, 15) is 4.79 Å². The molecule has 0 radical (unpaired) electrons. The Bertz CT molecular complexity index is 610. The third-order valence-electron chi connectivity index (χ3n) is 3.80. The number of hydrogen-bond acceptors (Lipinski definition) is 3. The second-order valence-electron chi connectivity index (χ2n) is 5.20. The molecule has 0 bridgehead atoms. The van der Waals surface area contributed by atoms with Crippen molar-refractivity contribution >= 4 is 28.7 Å². The van der Waals surface area contributed by atoms with Gasteiger partial charge in [0.25, 0.3) is 5.91 Å². The van der Waals surface area contributed by atoms with Crippen LogP contribution in [0.2, 0.25) is 0 Å². The standard InChI is InChI=1S/C15H19N3OS/c1-2-20-12-5-4-11(8-12)18-15(19)10-3-6-13-14(7-10)17-9-16-13/h3,6-7,9,11-12H,2,4-5,8H2,1H3,(H,16,17)(H,18,19). The largest absolute Gasteiger partial charge is 0.349 e. The normalized spacial score (nSPS) is 22.2. The second-order valence-corrected chi connectivity index (χ2v) is 6.77. The summed E-state index contributed by atoms with van der Waals surface area (Å²) in [5, 5.41) is 3.86. The second kappa shape index (κ2) is 5.87. The highest BCUT2D eigenvalue weighted by Gasteiger charge is 2.26. The first kappa shape index (κ1) is 13.5. The van der Waals surface area contributed by atoms with Crippen molar-refractivity contribution in [3.63, 3.8) is 0 Å². The molecule has 0 aliphatic heterocycles. The van der Waals surface area contributed by atoms with Crippen molar-refractivity contribution in [2.45, 2.75) is 37.5 Å². The van der Waals surface area contributed by atoms with E-state index < -0.39 is 0 Å². The summed E-state index contributed by atoms with van der Waals surface area (Å²) in [4.78, 5) is 19.5. The van der Waals surface area contributed by atoms with Crippen LogP contribution in [-0.4, -0.2) is 32.9 Å². The van der Waals surface area contributed by atoms with Crippen molar-refractivity contribution in [1.29, 1.82) is 0 Å². The van der Waals surface area contributed by atoms with Crippen LogP contribution in [0.1, 0.15) is 36.5 Å². The van der Waals surface area contributed by atoms with Gasteiger partial charge in [0.1, 0.15) is 0 Å². The van der Waals surface area contributed by atoms with Gasteiger partial charge >= 0.3 is 0 Å². The number of nitrogens with zero attached hydrogens (tertiary/aromatic N) is 1. The number of imidazole rings is 1. The summed E-state index contributed by atoms with van der Waals surface area (Å²) >= 11 is 2.00. The van der Waals surface area contributed by atoms with E-state index in [1.807, 2.05) is 30.0 Å². The van der Waals surface area contributed by atoms with Crippen LogP contribution >= 0.6 is 11.8 Å². The highest BCUT2D eigenvalue weighted by molar-refractivity contribution is 7.99. The van der Waals surface area contributed by atoms with Crippen molar-refractivity contribution < 1.29 is 4.79 Å². The topological polar surface area (TPSA) is 57.8 Å². The molecule has 1 aromatic heterocycles. The molecule has 1 amide bonds. The van der Waals surface area contributed by atoms with E-state index in [2.05, 4.69) is 22.2 Å². The summed E-state index contributed by atoms with van der Waals surface area (Å²) < 4.78 is 0. The average Bonchev–Trinajstić information content (AvgIpc) is 3.07. The Kier molecular flexibility index (Phi) is 3.96. The Morgan fingerprint density at radius 3 is 3.25 bits per heavy atom. The summed E-state index contributed by atoms with van der Waals surface area (Å²) in [7, 11) is 0. The number of nitrogens with one attached hydrogen (secondary N) is 2. The average molecular weight is 289 g/mol. The molecule has 2 aromatic rings. The van der Waals surface area contributed by atoms with Crippen LogP contribution < -0.4 is 5.32 Å².